The van der Waals surface area contributed by atoms with Crippen molar-refractivity contribution in [2.45, 2.75) is 52.1 Å². The maximum Gasteiger partial charge on any atom is 0.264 e. The molecule has 0 radical (unpaired) electrons. The topological polar surface area (TPSA) is 66.8 Å². The molecule has 29 heavy (non-hydrogen) atoms. The third-order valence-corrected chi connectivity index (χ3v) is 5.32. The second-order valence-electron chi connectivity index (χ2n) is 8.11. The first-order valence-corrected chi connectivity index (χ1v) is 10.1. The van der Waals surface area contributed by atoms with Gasteiger partial charge in [-0.25, -0.2) is 0 Å². The lowest BCUT2D eigenvalue weighted by molar-refractivity contribution is -0.141. The minimum Gasteiger partial charge on any atom is -0.493 e. The summed E-state index contributed by atoms with van der Waals surface area (Å²) in [4.78, 5) is 26.2. The van der Waals surface area contributed by atoms with E-state index in [1.54, 1.807) is 17.0 Å². The number of ether oxygens (including phenoxy) is 1. The normalized spacial score (nSPS) is 18.3. The molecule has 1 atom stereocenters. The lowest BCUT2D eigenvalue weighted by Gasteiger charge is -2.22. The molecule has 2 aromatic carbocycles. The molecule has 0 fully saturated rings. The van der Waals surface area contributed by atoms with Gasteiger partial charge in [0.1, 0.15) is 11.5 Å². The Kier molecular flexibility index (Phi) is 6.08. The standard InChI is InChI=1S/C24H29NO4/c1-16(2)19-11-10-17(3)14-22(19)29-13-7-12-25-21-9-6-5-8-20(21)24(28,23(25)27)15-18(4)26/h5-6,8-11,14,16,28H,7,12-13,15H2,1-4H3. The molecule has 3 rings (SSSR count). The number of amides is 1. The molecular weight excluding hydrogens is 366 g/mol. The molecule has 0 bridgehead atoms. The van der Waals surface area contributed by atoms with Gasteiger partial charge in [0.25, 0.3) is 5.91 Å². The van der Waals surface area contributed by atoms with Gasteiger partial charge in [0.05, 0.1) is 12.3 Å². The van der Waals surface area contributed by atoms with Crippen molar-refractivity contribution in [1.82, 2.24) is 0 Å². The van der Waals surface area contributed by atoms with Crippen LogP contribution in [-0.2, 0) is 15.2 Å². The van der Waals surface area contributed by atoms with Gasteiger partial charge in [-0.2, -0.15) is 0 Å². The molecule has 1 heterocycles. The van der Waals surface area contributed by atoms with Crippen LogP contribution in [-0.4, -0.2) is 29.9 Å². The number of anilines is 1. The summed E-state index contributed by atoms with van der Waals surface area (Å²) in [5.74, 6) is 0.578. The van der Waals surface area contributed by atoms with E-state index >= 15 is 0 Å². The van der Waals surface area contributed by atoms with Crippen molar-refractivity contribution in [3.05, 3.63) is 59.2 Å². The molecule has 2 aromatic rings. The number of Topliss-reactive ketones (excluding diaryl/α,β-unsaturated/α-hetero) is 1. The van der Waals surface area contributed by atoms with E-state index in [0.717, 1.165) is 16.9 Å². The Bertz CT molecular complexity index is 921. The van der Waals surface area contributed by atoms with Crippen LogP contribution in [0, 0.1) is 6.92 Å². The summed E-state index contributed by atoms with van der Waals surface area (Å²) in [6, 6.07) is 13.3. The smallest absolute Gasteiger partial charge is 0.264 e. The third-order valence-electron chi connectivity index (χ3n) is 5.32. The maximum absolute atomic E-state index is 13.0. The number of fused-ring (bicyclic) bond motifs is 1. The van der Waals surface area contributed by atoms with Crippen LogP contribution in [0.25, 0.3) is 0 Å². The summed E-state index contributed by atoms with van der Waals surface area (Å²) in [5.41, 5.74) is 1.70. The highest BCUT2D eigenvalue weighted by Crippen LogP contribution is 2.42. The average Bonchev–Trinajstić information content (AvgIpc) is 2.86. The molecule has 0 saturated heterocycles. The first kappa shape index (κ1) is 21.1. The zero-order chi connectivity index (χ0) is 21.2. The molecule has 0 aromatic heterocycles. The van der Waals surface area contributed by atoms with Gasteiger partial charge in [-0.15, -0.1) is 0 Å². The van der Waals surface area contributed by atoms with Gasteiger partial charge in [-0.3, -0.25) is 9.59 Å². The fourth-order valence-electron chi connectivity index (χ4n) is 3.91. The molecule has 5 heteroatoms. The number of carbonyl (C=O) groups is 2. The minimum absolute atomic E-state index is 0.211. The van der Waals surface area contributed by atoms with Crippen LogP contribution in [0.4, 0.5) is 5.69 Å². The van der Waals surface area contributed by atoms with Gasteiger partial charge in [0.15, 0.2) is 5.60 Å². The number of aryl methyl sites for hydroxylation is 1. The molecular formula is C24H29NO4. The Hall–Kier alpha value is -2.66. The van der Waals surface area contributed by atoms with Crippen LogP contribution in [0.1, 0.15) is 56.2 Å². The molecule has 1 unspecified atom stereocenters. The van der Waals surface area contributed by atoms with Crippen molar-refractivity contribution < 1.29 is 19.4 Å². The van der Waals surface area contributed by atoms with Crippen LogP contribution in [0.5, 0.6) is 5.75 Å². The van der Waals surface area contributed by atoms with E-state index in [2.05, 4.69) is 26.0 Å². The Morgan fingerprint density at radius 1 is 1.21 bits per heavy atom. The summed E-state index contributed by atoms with van der Waals surface area (Å²) < 4.78 is 6.02. The number of carbonyl (C=O) groups excluding carboxylic acids is 2. The number of benzene rings is 2. The van der Waals surface area contributed by atoms with Crippen LogP contribution in [0.15, 0.2) is 42.5 Å². The van der Waals surface area contributed by atoms with E-state index in [9.17, 15) is 14.7 Å². The fourth-order valence-corrected chi connectivity index (χ4v) is 3.91. The van der Waals surface area contributed by atoms with Crippen molar-refractivity contribution in [2.24, 2.45) is 0 Å². The van der Waals surface area contributed by atoms with Crippen molar-refractivity contribution in [1.29, 1.82) is 0 Å². The van der Waals surface area contributed by atoms with E-state index in [4.69, 9.17) is 4.74 Å². The number of ketones is 1. The quantitative estimate of drug-likeness (QED) is 0.684. The van der Waals surface area contributed by atoms with E-state index in [-0.39, 0.29) is 12.2 Å². The lowest BCUT2D eigenvalue weighted by Crippen LogP contribution is -2.42. The first-order valence-electron chi connectivity index (χ1n) is 10.1. The van der Waals surface area contributed by atoms with Gasteiger partial charge in [0.2, 0.25) is 0 Å². The van der Waals surface area contributed by atoms with Gasteiger partial charge in [0, 0.05) is 18.5 Å². The lowest BCUT2D eigenvalue weighted by atomic mass is 9.90. The molecule has 154 valence electrons. The van der Waals surface area contributed by atoms with Gasteiger partial charge < -0.3 is 14.7 Å². The molecule has 0 aliphatic carbocycles. The highest BCUT2D eigenvalue weighted by molar-refractivity contribution is 6.08. The second kappa shape index (κ2) is 8.37. The van der Waals surface area contributed by atoms with Crippen molar-refractivity contribution in [3.63, 3.8) is 0 Å². The summed E-state index contributed by atoms with van der Waals surface area (Å²) in [6.07, 6.45) is 0.401. The third kappa shape index (κ3) is 4.20. The summed E-state index contributed by atoms with van der Waals surface area (Å²) in [5, 5.41) is 11.0. The van der Waals surface area contributed by atoms with E-state index < -0.39 is 11.5 Å². The number of rotatable bonds is 8. The summed E-state index contributed by atoms with van der Waals surface area (Å²) in [7, 11) is 0. The fraction of sp³-hybridized carbons (Fsp3) is 0.417. The number of aliphatic hydroxyl groups is 1. The Morgan fingerprint density at radius 3 is 2.62 bits per heavy atom. The highest BCUT2D eigenvalue weighted by atomic mass is 16.5. The van der Waals surface area contributed by atoms with Crippen LogP contribution < -0.4 is 9.64 Å². The summed E-state index contributed by atoms with van der Waals surface area (Å²) >= 11 is 0. The summed E-state index contributed by atoms with van der Waals surface area (Å²) in [6.45, 7) is 8.56. The van der Waals surface area contributed by atoms with E-state index in [1.807, 2.05) is 25.1 Å². The minimum atomic E-state index is -1.77. The van der Waals surface area contributed by atoms with Crippen LogP contribution in [0.2, 0.25) is 0 Å². The predicted molar refractivity (Wildman–Crippen MR) is 113 cm³/mol. The van der Waals surface area contributed by atoms with Crippen LogP contribution >= 0.6 is 0 Å². The van der Waals surface area contributed by atoms with Gasteiger partial charge >= 0.3 is 0 Å². The Labute approximate surface area is 172 Å². The second-order valence-corrected chi connectivity index (χ2v) is 8.11. The number of para-hydroxylation sites is 1. The monoisotopic (exact) mass is 395 g/mol. The van der Waals surface area contributed by atoms with Crippen LogP contribution in [0.3, 0.4) is 0 Å². The molecule has 1 amide bonds. The molecule has 1 N–H and O–H groups in total. The SMILES string of the molecule is CC(=O)CC1(O)C(=O)N(CCCOc2cc(C)ccc2C(C)C)c2ccccc21. The maximum atomic E-state index is 13.0. The van der Waals surface area contributed by atoms with E-state index in [0.29, 0.717) is 36.7 Å². The number of hydrogen-bond acceptors (Lipinski definition) is 4. The van der Waals surface area contributed by atoms with Crippen molar-refractivity contribution in [3.8, 4) is 5.75 Å². The van der Waals surface area contributed by atoms with Crippen molar-refractivity contribution in [2.75, 3.05) is 18.1 Å². The molecule has 1 aliphatic heterocycles. The highest BCUT2D eigenvalue weighted by Gasteiger charge is 2.49. The zero-order valence-corrected chi connectivity index (χ0v) is 17.6. The Morgan fingerprint density at radius 2 is 1.93 bits per heavy atom. The Balaban J connectivity index is 1.70. The molecule has 1 aliphatic rings. The molecule has 0 spiro atoms. The predicted octanol–water partition coefficient (Wildman–Crippen LogP) is 4.10. The zero-order valence-electron chi connectivity index (χ0n) is 17.6. The van der Waals surface area contributed by atoms with Gasteiger partial charge in [-0.1, -0.05) is 44.2 Å². The first-order chi connectivity index (χ1) is 13.7. The number of hydrogen-bond donors (Lipinski definition) is 1. The van der Waals surface area contributed by atoms with E-state index in [1.165, 1.54) is 6.92 Å². The molecule has 5 nitrogen and oxygen atoms in total. The number of nitrogens with zero attached hydrogens (tertiary/aromatic N) is 1. The van der Waals surface area contributed by atoms with Gasteiger partial charge in [-0.05, 0) is 49.4 Å². The molecule has 0 saturated carbocycles. The average molecular weight is 395 g/mol. The van der Waals surface area contributed by atoms with Crippen molar-refractivity contribution >= 4 is 17.4 Å². The largest absolute Gasteiger partial charge is 0.493 e.